The van der Waals surface area contributed by atoms with Gasteiger partial charge in [0.2, 0.25) is 10.0 Å². The zero-order chi connectivity index (χ0) is 18.9. The summed E-state index contributed by atoms with van der Waals surface area (Å²) in [6, 6.07) is 14.7. The van der Waals surface area contributed by atoms with Gasteiger partial charge < -0.3 is 0 Å². The Morgan fingerprint density at radius 2 is 1.70 bits per heavy atom. The predicted octanol–water partition coefficient (Wildman–Crippen LogP) is 2.98. The van der Waals surface area contributed by atoms with Crippen molar-refractivity contribution in [3.05, 3.63) is 65.2 Å². The molecular weight excluding hydrogens is 360 g/mol. The number of hydrogen-bond donors (Lipinski definition) is 0. The fourth-order valence-corrected chi connectivity index (χ4v) is 5.18. The lowest BCUT2D eigenvalue weighted by Gasteiger charge is -2.15. The van der Waals surface area contributed by atoms with E-state index in [1.165, 1.54) is 0 Å². The number of aliphatic imine (C=N–C) groups is 1. The van der Waals surface area contributed by atoms with Crippen molar-refractivity contribution in [3.8, 4) is 0 Å². The summed E-state index contributed by atoms with van der Waals surface area (Å²) in [5, 5.41) is 0. The standard InChI is InChI=1S/C21H22N2O3S/c24-20(21-19-6-2-1-5-17(19)15-22-21)12-9-16-7-10-18(11-8-16)27(25,26)23-13-3-4-14-23/h1-2,5-8,10-11H,3-4,9,12-15H2. The summed E-state index contributed by atoms with van der Waals surface area (Å²) in [6.45, 7) is 1.77. The van der Waals surface area contributed by atoms with E-state index in [1.54, 1.807) is 28.6 Å². The van der Waals surface area contributed by atoms with Crippen LogP contribution in [0.4, 0.5) is 0 Å². The number of fused-ring (bicyclic) bond motifs is 1. The lowest BCUT2D eigenvalue weighted by Crippen LogP contribution is -2.27. The van der Waals surface area contributed by atoms with E-state index in [2.05, 4.69) is 4.99 Å². The number of Topliss-reactive ketones (excluding diaryl/α,β-unsaturated/α-hetero) is 1. The van der Waals surface area contributed by atoms with Crippen LogP contribution >= 0.6 is 0 Å². The summed E-state index contributed by atoms with van der Waals surface area (Å²) in [5.41, 5.74) is 3.56. The van der Waals surface area contributed by atoms with Gasteiger partial charge in [0.05, 0.1) is 11.4 Å². The van der Waals surface area contributed by atoms with Crippen LogP contribution in [0.2, 0.25) is 0 Å². The molecule has 2 aromatic carbocycles. The molecule has 0 spiro atoms. The van der Waals surface area contributed by atoms with Crippen LogP contribution in [0.15, 0.2) is 58.4 Å². The predicted molar refractivity (Wildman–Crippen MR) is 104 cm³/mol. The van der Waals surface area contributed by atoms with Crippen molar-refractivity contribution >= 4 is 21.5 Å². The second-order valence-corrected chi connectivity index (χ2v) is 8.94. The highest BCUT2D eigenvalue weighted by atomic mass is 32.2. The van der Waals surface area contributed by atoms with Crippen molar-refractivity contribution in [1.82, 2.24) is 4.31 Å². The monoisotopic (exact) mass is 382 g/mol. The van der Waals surface area contributed by atoms with E-state index in [0.29, 0.717) is 43.1 Å². The number of aryl methyl sites for hydroxylation is 1. The van der Waals surface area contributed by atoms with E-state index in [4.69, 9.17) is 0 Å². The average molecular weight is 382 g/mol. The highest BCUT2D eigenvalue weighted by Gasteiger charge is 2.27. The summed E-state index contributed by atoms with van der Waals surface area (Å²) in [6.07, 6.45) is 2.79. The SMILES string of the molecule is O=C(CCc1ccc(S(=O)(=O)N2CCCC2)cc1)C1=NCc2ccccc21. The Morgan fingerprint density at radius 1 is 1.00 bits per heavy atom. The summed E-state index contributed by atoms with van der Waals surface area (Å²) in [5.74, 6) is 0.0358. The third-order valence-electron chi connectivity index (χ3n) is 5.21. The summed E-state index contributed by atoms with van der Waals surface area (Å²) in [7, 11) is -3.39. The van der Waals surface area contributed by atoms with Crippen molar-refractivity contribution in [3.63, 3.8) is 0 Å². The van der Waals surface area contributed by atoms with Crippen molar-refractivity contribution in [2.75, 3.05) is 13.1 Å². The Balaban J connectivity index is 1.40. The maximum absolute atomic E-state index is 12.6. The molecule has 140 valence electrons. The van der Waals surface area contributed by atoms with Gasteiger partial charge >= 0.3 is 0 Å². The Bertz CT molecular complexity index is 988. The molecule has 2 aromatic rings. The number of hydrogen-bond acceptors (Lipinski definition) is 4. The molecule has 2 aliphatic rings. The number of nitrogens with zero attached hydrogens (tertiary/aromatic N) is 2. The van der Waals surface area contributed by atoms with Gasteiger partial charge in [0.1, 0.15) is 5.71 Å². The lowest BCUT2D eigenvalue weighted by molar-refractivity contribution is -0.112. The summed E-state index contributed by atoms with van der Waals surface area (Å²) < 4.78 is 26.7. The zero-order valence-electron chi connectivity index (χ0n) is 15.1. The molecule has 1 saturated heterocycles. The van der Waals surface area contributed by atoms with Crippen LogP contribution in [0.1, 0.15) is 36.0 Å². The molecular formula is C21H22N2O3S. The minimum atomic E-state index is -3.39. The van der Waals surface area contributed by atoms with Crippen LogP contribution in [-0.2, 0) is 27.8 Å². The maximum atomic E-state index is 12.6. The number of benzene rings is 2. The highest BCUT2D eigenvalue weighted by Crippen LogP contribution is 2.22. The molecule has 1 fully saturated rings. The minimum absolute atomic E-state index is 0.0358. The van der Waals surface area contributed by atoms with Crippen LogP contribution in [0.25, 0.3) is 0 Å². The van der Waals surface area contributed by atoms with Gasteiger partial charge in [0, 0.05) is 25.1 Å². The van der Waals surface area contributed by atoms with E-state index < -0.39 is 10.0 Å². The number of sulfonamides is 1. The van der Waals surface area contributed by atoms with Gasteiger partial charge in [-0.1, -0.05) is 36.4 Å². The summed E-state index contributed by atoms with van der Waals surface area (Å²) in [4.78, 5) is 17.3. The molecule has 4 rings (SSSR count). The van der Waals surface area contributed by atoms with Crippen LogP contribution in [0.5, 0.6) is 0 Å². The van der Waals surface area contributed by atoms with E-state index in [1.807, 2.05) is 24.3 Å². The van der Waals surface area contributed by atoms with Crippen LogP contribution < -0.4 is 0 Å². The third kappa shape index (κ3) is 3.59. The Hall–Kier alpha value is -2.31. The minimum Gasteiger partial charge on any atom is -0.292 e. The molecule has 5 nitrogen and oxygen atoms in total. The van der Waals surface area contributed by atoms with Gasteiger partial charge in [-0.2, -0.15) is 4.31 Å². The molecule has 0 bridgehead atoms. The molecule has 0 radical (unpaired) electrons. The Kier molecular flexibility index (Phi) is 4.93. The van der Waals surface area contributed by atoms with Crippen molar-refractivity contribution in [2.24, 2.45) is 4.99 Å². The molecule has 6 heteroatoms. The highest BCUT2D eigenvalue weighted by molar-refractivity contribution is 7.89. The molecule has 0 aliphatic carbocycles. The maximum Gasteiger partial charge on any atom is 0.243 e. The number of carbonyl (C=O) groups excluding carboxylic acids is 1. The topological polar surface area (TPSA) is 66.8 Å². The van der Waals surface area contributed by atoms with Gasteiger partial charge in [-0.3, -0.25) is 9.79 Å². The molecule has 2 aliphatic heterocycles. The van der Waals surface area contributed by atoms with E-state index in [-0.39, 0.29) is 5.78 Å². The molecule has 0 amide bonds. The number of carbonyl (C=O) groups is 1. The molecule has 27 heavy (non-hydrogen) atoms. The summed E-state index contributed by atoms with van der Waals surface area (Å²) >= 11 is 0. The number of ketones is 1. The second kappa shape index (κ2) is 7.37. The lowest BCUT2D eigenvalue weighted by atomic mass is 9.99. The van der Waals surface area contributed by atoms with Gasteiger partial charge in [-0.25, -0.2) is 8.42 Å². The molecule has 0 unspecified atom stereocenters. The Labute approximate surface area is 159 Å². The zero-order valence-corrected chi connectivity index (χ0v) is 15.9. The van der Waals surface area contributed by atoms with Gasteiger partial charge in [0.25, 0.3) is 0 Å². The molecule has 0 aromatic heterocycles. The largest absolute Gasteiger partial charge is 0.292 e. The molecule has 2 heterocycles. The van der Waals surface area contributed by atoms with Gasteiger partial charge in [-0.15, -0.1) is 0 Å². The van der Waals surface area contributed by atoms with Gasteiger partial charge in [-0.05, 0) is 42.5 Å². The normalized spacial score (nSPS) is 17.0. The second-order valence-electron chi connectivity index (χ2n) is 7.00. The molecule has 0 N–H and O–H groups in total. The third-order valence-corrected chi connectivity index (χ3v) is 7.12. The van der Waals surface area contributed by atoms with Crippen LogP contribution in [-0.4, -0.2) is 37.3 Å². The Morgan fingerprint density at radius 3 is 2.44 bits per heavy atom. The smallest absolute Gasteiger partial charge is 0.243 e. The first kappa shape index (κ1) is 18.1. The molecule has 0 saturated carbocycles. The quantitative estimate of drug-likeness (QED) is 0.771. The van der Waals surface area contributed by atoms with E-state index in [0.717, 1.165) is 29.5 Å². The fraction of sp³-hybridized carbons (Fsp3) is 0.333. The first-order chi connectivity index (χ1) is 13.1. The van der Waals surface area contributed by atoms with Gasteiger partial charge in [0.15, 0.2) is 5.78 Å². The molecule has 0 atom stereocenters. The van der Waals surface area contributed by atoms with Crippen LogP contribution in [0, 0.1) is 0 Å². The van der Waals surface area contributed by atoms with Crippen molar-refractivity contribution in [1.29, 1.82) is 0 Å². The first-order valence-electron chi connectivity index (χ1n) is 9.31. The van der Waals surface area contributed by atoms with Crippen molar-refractivity contribution in [2.45, 2.75) is 37.1 Å². The van der Waals surface area contributed by atoms with E-state index in [9.17, 15) is 13.2 Å². The van der Waals surface area contributed by atoms with E-state index >= 15 is 0 Å². The number of rotatable bonds is 6. The first-order valence-corrected chi connectivity index (χ1v) is 10.7. The average Bonchev–Trinajstić information content (AvgIpc) is 3.36. The van der Waals surface area contributed by atoms with Crippen molar-refractivity contribution < 1.29 is 13.2 Å². The fourth-order valence-electron chi connectivity index (χ4n) is 3.66. The van der Waals surface area contributed by atoms with Crippen LogP contribution in [0.3, 0.4) is 0 Å².